The first kappa shape index (κ1) is 15.5. The van der Waals surface area contributed by atoms with E-state index in [1.165, 1.54) is 11.8 Å². The van der Waals surface area contributed by atoms with Crippen LogP contribution in [-0.4, -0.2) is 5.75 Å². The average molecular weight is 308 g/mol. The van der Waals surface area contributed by atoms with Crippen molar-refractivity contribution in [3.63, 3.8) is 0 Å². The molecule has 0 saturated carbocycles. The van der Waals surface area contributed by atoms with Gasteiger partial charge in [-0.3, -0.25) is 0 Å². The van der Waals surface area contributed by atoms with Gasteiger partial charge in [0, 0.05) is 5.56 Å². The number of hydrogen-bond acceptors (Lipinski definition) is 6. The number of hydrogen-bond donors (Lipinski definition) is 1. The summed E-state index contributed by atoms with van der Waals surface area (Å²) in [6.45, 7) is 1.93. The molecule has 1 aromatic carbocycles. The van der Waals surface area contributed by atoms with Gasteiger partial charge in [0.25, 0.3) is 0 Å². The minimum absolute atomic E-state index is 0.0444. The largest absolute Gasteiger partial charge is 0.452 e. The van der Waals surface area contributed by atoms with E-state index in [4.69, 9.17) is 10.5 Å². The maximum atomic E-state index is 9.36. The van der Waals surface area contributed by atoms with Crippen molar-refractivity contribution in [1.29, 1.82) is 15.8 Å². The minimum Gasteiger partial charge on any atom is -0.452 e. The van der Waals surface area contributed by atoms with Crippen LogP contribution < -0.4 is 5.73 Å². The lowest BCUT2D eigenvalue weighted by Gasteiger charge is -2.30. The first-order valence-corrected chi connectivity index (χ1v) is 7.46. The molecule has 5 nitrogen and oxygen atoms in total. The highest BCUT2D eigenvalue weighted by Crippen LogP contribution is 2.53. The number of nitriles is 3. The summed E-state index contributed by atoms with van der Waals surface area (Å²) in [5.41, 5.74) is 6.68. The Kier molecular flexibility index (Phi) is 4.41. The second-order valence-electron chi connectivity index (χ2n) is 4.34. The Morgan fingerprint density at radius 3 is 2.36 bits per heavy atom. The summed E-state index contributed by atoms with van der Waals surface area (Å²) in [6, 6.07) is 14.8. The van der Waals surface area contributed by atoms with Crippen LogP contribution in [0.15, 0.2) is 52.9 Å². The average Bonchev–Trinajstić information content (AvgIpc) is 2.83. The lowest BCUT2D eigenvalue weighted by atomic mass is 9.93. The van der Waals surface area contributed by atoms with E-state index >= 15 is 0 Å². The molecule has 1 aliphatic heterocycles. The van der Waals surface area contributed by atoms with Crippen LogP contribution in [0.4, 0.5) is 0 Å². The van der Waals surface area contributed by atoms with Crippen LogP contribution in [0.1, 0.15) is 12.5 Å². The third-order valence-electron chi connectivity index (χ3n) is 3.17. The fourth-order valence-corrected chi connectivity index (χ4v) is 3.54. The summed E-state index contributed by atoms with van der Waals surface area (Å²) < 4.78 is 5.81. The standard InChI is InChI=1S/C16H12N4OS/c1-2-22-16(12-6-4-3-5-7-12)14(11(8-17)9-18)13(10-19)15(20)21-16/h3-7H,2,20H2,1H3/t16-/m1/s1. The second kappa shape index (κ2) is 6.26. The molecule has 0 saturated heterocycles. The monoisotopic (exact) mass is 308 g/mol. The first-order chi connectivity index (χ1) is 10.6. The molecule has 2 N–H and O–H groups in total. The van der Waals surface area contributed by atoms with Crippen molar-refractivity contribution in [2.45, 2.75) is 11.9 Å². The normalized spacial score (nSPS) is 19.8. The molecule has 1 heterocycles. The summed E-state index contributed by atoms with van der Waals surface area (Å²) in [6.07, 6.45) is 0. The van der Waals surface area contributed by atoms with Crippen molar-refractivity contribution < 1.29 is 4.74 Å². The molecule has 0 aromatic heterocycles. The number of benzene rings is 1. The van der Waals surface area contributed by atoms with E-state index in [9.17, 15) is 15.8 Å². The van der Waals surface area contributed by atoms with Gasteiger partial charge in [0.15, 0.2) is 0 Å². The van der Waals surface area contributed by atoms with E-state index in [-0.39, 0.29) is 22.6 Å². The SMILES string of the molecule is CCS[C@@]1(c2ccccc2)OC(N)=C(C#N)C1=C(C#N)C#N. The summed E-state index contributed by atoms with van der Waals surface area (Å²) in [4.78, 5) is -1.15. The van der Waals surface area contributed by atoms with Gasteiger partial charge in [0.05, 0.1) is 5.57 Å². The molecule has 22 heavy (non-hydrogen) atoms. The topological polar surface area (TPSA) is 107 Å². The van der Waals surface area contributed by atoms with Crippen LogP contribution in [-0.2, 0) is 9.67 Å². The van der Waals surface area contributed by atoms with E-state index in [1.54, 1.807) is 0 Å². The molecule has 0 amide bonds. The third-order valence-corrected chi connectivity index (χ3v) is 4.38. The maximum absolute atomic E-state index is 9.36. The number of rotatable bonds is 3. The van der Waals surface area contributed by atoms with Crippen molar-refractivity contribution in [2.75, 3.05) is 5.75 Å². The van der Waals surface area contributed by atoms with Crippen LogP contribution >= 0.6 is 11.8 Å². The van der Waals surface area contributed by atoms with Crippen LogP contribution in [0.5, 0.6) is 0 Å². The number of nitrogens with zero attached hydrogens (tertiary/aromatic N) is 3. The molecule has 2 rings (SSSR count). The Bertz CT molecular complexity index is 761. The highest BCUT2D eigenvalue weighted by molar-refractivity contribution is 8.00. The summed E-state index contributed by atoms with van der Waals surface area (Å²) in [5, 5.41) is 27.9. The van der Waals surface area contributed by atoms with Crippen molar-refractivity contribution in [3.05, 3.63) is 58.5 Å². The zero-order valence-corrected chi connectivity index (χ0v) is 12.6. The lowest BCUT2D eigenvalue weighted by molar-refractivity contribution is 0.134. The van der Waals surface area contributed by atoms with Gasteiger partial charge in [-0.15, -0.1) is 11.8 Å². The number of allylic oxidation sites excluding steroid dienone is 1. The zero-order valence-electron chi connectivity index (χ0n) is 11.8. The van der Waals surface area contributed by atoms with Crippen molar-refractivity contribution >= 4 is 11.8 Å². The highest BCUT2D eigenvalue weighted by Gasteiger charge is 2.49. The van der Waals surface area contributed by atoms with Gasteiger partial charge in [0.1, 0.15) is 29.4 Å². The van der Waals surface area contributed by atoms with Crippen molar-refractivity contribution in [2.24, 2.45) is 5.73 Å². The Hall–Kier alpha value is -2.88. The summed E-state index contributed by atoms with van der Waals surface area (Å²) in [7, 11) is 0. The molecule has 1 aliphatic rings. The maximum Gasteiger partial charge on any atom is 0.211 e. The molecule has 0 radical (unpaired) electrons. The molecular formula is C16H12N4OS. The minimum atomic E-state index is -1.15. The van der Waals surface area contributed by atoms with E-state index in [1.807, 2.05) is 55.5 Å². The number of nitrogens with two attached hydrogens (primary N) is 1. The van der Waals surface area contributed by atoms with Crippen molar-refractivity contribution in [3.8, 4) is 18.2 Å². The zero-order chi connectivity index (χ0) is 16.2. The second-order valence-corrected chi connectivity index (χ2v) is 5.78. The van der Waals surface area contributed by atoms with E-state index in [2.05, 4.69) is 0 Å². The molecule has 0 spiro atoms. The molecule has 6 heteroatoms. The summed E-state index contributed by atoms with van der Waals surface area (Å²) >= 11 is 1.37. The molecule has 108 valence electrons. The Balaban J connectivity index is 2.82. The van der Waals surface area contributed by atoms with Gasteiger partial charge in [0.2, 0.25) is 10.8 Å². The highest BCUT2D eigenvalue weighted by atomic mass is 32.2. The van der Waals surface area contributed by atoms with Gasteiger partial charge in [-0.2, -0.15) is 15.8 Å². The van der Waals surface area contributed by atoms with Crippen LogP contribution in [0, 0.1) is 34.0 Å². The Labute approximate surface area is 132 Å². The van der Waals surface area contributed by atoms with Gasteiger partial charge in [-0.05, 0) is 5.75 Å². The predicted octanol–water partition coefficient (Wildman–Crippen LogP) is 2.66. The van der Waals surface area contributed by atoms with E-state index in [0.29, 0.717) is 5.75 Å². The fourth-order valence-electron chi connectivity index (χ4n) is 2.33. The van der Waals surface area contributed by atoms with E-state index in [0.717, 1.165) is 5.56 Å². The molecule has 0 unspecified atom stereocenters. The Morgan fingerprint density at radius 2 is 1.86 bits per heavy atom. The quantitative estimate of drug-likeness (QED) is 0.860. The number of thioether (sulfide) groups is 1. The van der Waals surface area contributed by atoms with Crippen molar-refractivity contribution in [1.82, 2.24) is 0 Å². The molecule has 0 bridgehead atoms. The van der Waals surface area contributed by atoms with Crippen LogP contribution in [0.2, 0.25) is 0 Å². The van der Waals surface area contributed by atoms with Gasteiger partial charge < -0.3 is 10.5 Å². The lowest BCUT2D eigenvalue weighted by Crippen LogP contribution is -2.26. The fraction of sp³-hybridized carbons (Fsp3) is 0.188. The predicted molar refractivity (Wildman–Crippen MR) is 82.4 cm³/mol. The molecular weight excluding hydrogens is 296 g/mol. The molecule has 1 atom stereocenters. The van der Waals surface area contributed by atoms with Gasteiger partial charge in [-0.1, -0.05) is 37.3 Å². The van der Waals surface area contributed by atoms with Gasteiger partial charge in [-0.25, -0.2) is 0 Å². The molecule has 0 aliphatic carbocycles. The van der Waals surface area contributed by atoms with Crippen LogP contribution in [0.25, 0.3) is 0 Å². The Morgan fingerprint density at radius 1 is 1.23 bits per heavy atom. The third kappa shape index (κ3) is 2.29. The molecule has 1 aromatic rings. The van der Waals surface area contributed by atoms with Crippen LogP contribution in [0.3, 0.4) is 0 Å². The van der Waals surface area contributed by atoms with Gasteiger partial charge >= 0.3 is 0 Å². The first-order valence-electron chi connectivity index (χ1n) is 6.48. The molecule has 0 fully saturated rings. The smallest absolute Gasteiger partial charge is 0.211 e. The number of ether oxygens (including phenoxy) is 1. The van der Waals surface area contributed by atoms with E-state index < -0.39 is 4.93 Å². The summed E-state index contributed by atoms with van der Waals surface area (Å²) in [5.74, 6) is 0.583.